The van der Waals surface area contributed by atoms with E-state index in [0.29, 0.717) is 0 Å². The molecule has 2 heterocycles. The minimum absolute atomic E-state index is 0.169. The van der Waals surface area contributed by atoms with Crippen molar-refractivity contribution in [2.45, 2.75) is 6.04 Å². The van der Waals surface area contributed by atoms with Gasteiger partial charge in [-0.3, -0.25) is 14.8 Å². The summed E-state index contributed by atoms with van der Waals surface area (Å²) in [5, 5.41) is 6.73. The number of nitrogens with one attached hydrogen (secondary N) is 2. The highest BCUT2D eigenvalue weighted by molar-refractivity contribution is 5.79. The van der Waals surface area contributed by atoms with Crippen molar-refractivity contribution in [1.82, 2.24) is 20.4 Å². The number of likely N-dealkylation sites (N-methyl/N-ethyl adjacent to an activating group) is 1. The van der Waals surface area contributed by atoms with Gasteiger partial charge in [0, 0.05) is 39.8 Å². The minimum Gasteiger partial charge on any atom is -0.468 e. The SMILES string of the molecule is CN=C(NCCN1CCOCC1)NCC(c1ccco1)N(C)C. The number of nitrogens with zero attached hydrogens (tertiary/aromatic N) is 3. The van der Waals surface area contributed by atoms with E-state index in [4.69, 9.17) is 9.15 Å². The van der Waals surface area contributed by atoms with Gasteiger partial charge in [0.15, 0.2) is 5.96 Å². The van der Waals surface area contributed by atoms with Gasteiger partial charge in [-0.1, -0.05) is 0 Å². The lowest BCUT2D eigenvalue weighted by Gasteiger charge is -2.27. The quantitative estimate of drug-likeness (QED) is 0.559. The first-order valence-corrected chi connectivity index (χ1v) is 8.15. The van der Waals surface area contributed by atoms with E-state index in [-0.39, 0.29) is 6.04 Å². The maximum absolute atomic E-state index is 5.52. The first-order valence-electron chi connectivity index (χ1n) is 8.15. The fourth-order valence-electron chi connectivity index (χ4n) is 2.59. The van der Waals surface area contributed by atoms with Crippen LogP contribution in [-0.4, -0.2) is 82.8 Å². The zero-order valence-corrected chi connectivity index (χ0v) is 14.4. The molecule has 0 aliphatic carbocycles. The van der Waals surface area contributed by atoms with Crippen LogP contribution in [0.3, 0.4) is 0 Å². The fraction of sp³-hybridized carbons (Fsp3) is 0.688. The maximum atomic E-state index is 5.52. The summed E-state index contributed by atoms with van der Waals surface area (Å²) in [4.78, 5) is 8.82. The zero-order valence-electron chi connectivity index (χ0n) is 14.4. The van der Waals surface area contributed by atoms with Crippen molar-refractivity contribution in [1.29, 1.82) is 0 Å². The van der Waals surface area contributed by atoms with Crippen molar-refractivity contribution in [3.05, 3.63) is 24.2 Å². The van der Waals surface area contributed by atoms with Crippen molar-refractivity contribution in [3.8, 4) is 0 Å². The summed E-state index contributed by atoms with van der Waals surface area (Å²) in [6.07, 6.45) is 1.71. The van der Waals surface area contributed by atoms with E-state index in [1.807, 2.05) is 26.2 Å². The Bertz CT molecular complexity index is 455. The second-order valence-corrected chi connectivity index (χ2v) is 5.83. The number of guanidine groups is 1. The Morgan fingerprint density at radius 1 is 1.35 bits per heavy atom. The molecule has 130 valence electrons. The molecular formula is C16H29N5O2. The summed E-state index contributed by atoms with van der Waals surface area (Å²) in [5.74, 6) is 1.77. The van der Waals surface area contributed by atoms with Crippen molar-refractivity contribution in [2.75, 3.05) is 67.1 Å². The average Bonchev–Trinajstić information content (AvgIpc) is 3.08. The molecule has 0 radical (unpaired) electrons. The van der Waals surface area contributed by atoms with Gasteiger partial charge in [0.25, 0.3) is 0 Å². The van der Waals surface area contributed by atoms with Gasteiger partial charge in [-0.05, 0) is 26.2 Å². The molecule has 0 spiro atoms. The second-order valence-electron chi connectivity index (χ2n) is 5.83. The van der Waals surface area contributed by atoms with Gasteiger partial charge < -0.3 is 19.8 Å². The largest absolute Gasteiger partial charge is 0.468 e. The molecule has 1 aromatic rings. The summed E-state index contributed by atoms with van der Waals surface area (Å²) >= 11 is 0. The van der Waals surface area contributed by atoms with Gasteiger partial charge in [0.05, 0.1) is 25.5 Å². The summed E-state index contributed by atoms with van der Waals surface area (Å²) in [7, 11) is 5.88. The van der Waals surface area contributed by atoms with Gasteiger partial charge in [-0.15, -0.1) is 0 Å². The zero-order chi connectivity index (χ0) is 16.5. The van der Waals surface area contributed by atoms with E-state index in [0.717, 1.165) is 57.7 Å². The Morgan fingerprint density at radius 3 is 2.74 bits per heavy atom. The first-order chi connectivity index (χ1) is 11.2. The lowest BCUT2D eigenvalue weighted by atomic mass is 10.2. The van der Waals surface area contributed by atoms with Gasteiger partial charge in [-0.2, -0.15) is 0 Å². The van der Waals surface area contributed by atoms with Crippen molar-refractivity contribution >= 4 is 5.96 Å². The van der Waals surface area contributed by atoms with Crippen LogP contribution in [0.4, 0.5) is 0 Å². The molecule has 2 rings (SSSR count). The van der Waals surface area contributed by atoms with Gasteiger partial charge in [0.1, 0.15) is 5.76 Å². The van der Waals surface area contributed by atoms with E-state index in [2.05, 4.69) is 25.4 Å². The third kappa shape index (κ3) is 5.85. The van der Waals surface area contributed by atoms with Crippen LogP contribution in [0, 0.1) is 0 Å². The van der Waals surface area contributed by atoms with E-state index in [1.165, 1.54) is 0 Å². The van der Waals surface area contributed by atoms with Crippen LogP contribution in [0.1, 0.15) is 11.8 Å². The fourth-order valence-corrected chi connectivity index (χ4v) is 2.59. The van der Waals surface area contributed by atoms with E-state index >= 15 is 0 Å². The molecular weight excluding hydrogens is 294 g/mol. The van der Waals surface area contributed by atoms with E-state index < -0.39 is 0 Å². The van der Waals surface area contributed by atoms with Crippen molar-refractivity contribution < 1.29 is 9.15 Å². The number of hydrogen-bond donors (Lipinski definition) is 2. The summed E-state index contributed by atoms with van der Waals surface area (Å²) < 4.78 is 10.9. The Labute approximate surface area is 138 Å². The molecule has 0 aromatic carbocycles. The summed E-state index contributed by atoms with van der Waals surface area (Å²) in [6.45, 7) is 6.29. The van der Waals surface area contributed by atoms with Crippen LogP contribution in [0.25, 0.3) is 0 Å². The summed E-state index contributed by atoms with van der Waals surface area (Å²) in [5.41, 5.74) is 0. The topological polar surface area (TPSA) is 65.3 Å². The number of morpholine rings is 1. The lowest BCUT2D eigenvalue weighted by Crippen LogP contribution is -2.45. The van der Waals surface area contributed by atoms with Gasteiger partial charge in [-0.25, -0.2) is 0 Å². The smallest absolute Gasteiger partial charge is 0.191 e. The molecule has 7 heteroatoms. The highest BCUT2D eigenvalue weighted by Gasteiger charge is 2.17. The maximum Gasteiger partial charge on any atom is 0.191 e. The molecule has 1 fully saturated rings. The molecule has 1 unspecified atom stereocenters. The predicted molar refractivity (Wildman–Crippen MR) is 91.8 cm³/mol. The van der Waals surface area contributed by atoms with Crippen molar-refractivity contribution in [2.24, 2.45) is 4.99 Å². The van der Waals surface area contributed by atoms with Crippen LogP contribution >= 0.6 is 0 Å². The molecule has 7 nitrogen and oxygen atoms in total. The summed E-state index contributed by atoms with van der Waals surface area (Å²) in [6, 6.07) is 4.09. The highest BCUT2D eigenvalue weighted by Crippen LogP contribution is 2.17. The van der Waals surface area contributed by atoms with Gasteiger partial charge in [0.2, 0.25) is 0 Å². The monoisotopic (exact) mass is 323 g/mol. The van der Waals surface area contributed by atoms with E-state index in [9.17, 15) is 0 Å². The molecule has 0 amide bonds. The number of hydrogen-bond acceptors (Lipinski definition) is 5. The Hall–Kier alpha value is -1.57. The number of aliphatic imine (C=N–C) groups is 1. The van der Waals surface area contributed by atoms with Crippen LogP contribution in [-0.2, 0) is 4.74 Å². The number of ether oxygens (including phenoxy) is 1. The van der Waals surface area contributed by atoms with Crippen LogP contribution in [0.2, 0.25) is 0 Å². The molecule has 1 atom stereocenters. The molecule has 1 saturated heterocycles. The third-order valence-electron chi connectivity index (χ3n) is 4.01. The Morgan fingerprint density at radius 2 is 2.13 bits per heavy atom. The molecule has 1 aliphatic heterocycles. The molecule has 23 heavy (non-hydrogen) atoms. The predicted octanol–water partition coefficient (Wildman–Crippen LogP) is 0.380. The standard InChI is InChI=1S/C16H29N5O2/c1-17-16(18-6-7-21-8-11-22-12-9-21)19-13-14(20(2)3)15-5-4-10-23-15/h4-5,10,14H,6-9,11-13H2,1-3H3,(H2,17,18,19). The molecule has 0 bridgehead atoms. The Balaban J connectivity index is 1.73. The number of rotatable bonds is 7. The molecule has 0 saturated carbocycles. The Kier molecular flexibility index (Phi) is 7.38. The highest BCUT2D eigenvalue weighted by atomic mass is 16.5. The lowest BCUT2D eigenvalue weighted by molar-refractivity contribution is 0.0389. The van der Waals surface area contributed by atoms with Crippen LogP contribution < -0.4 is 10.6 Å². The normalized spacial score (nSPS) is 18.2. The minimum atomic E-state index is 0.169. The van der Waals surface area contributed by atoms with Crippen LogP contribution in [0.5, 0.6) is 0 Å². The average molecular weight is 323 g/mol. The molecule has 1 aromatic heterocycles. The second kappa shape index (κ2) is 9.54. The first kappa shape index (κ1) is 17.8. The van der Waals surface area contributed by atoms with Crippen LogP contribution in [0.15, 0.2) is 27.8 Å². The van der Waals surface area contributed by atoms with E-state index in [1.54, 1.807) is 13.3 Å². The van der Waals surface area contributed by atoms with Crippen molar-refractivity contribution in [3.63, 3.8) is 0 Å². The van der Waals surface area contributed by atoms with Gasteiger partial charge >= 0.3 is 0 Å². The molecule has 2 N–H and O–H groups in total. The molecule has 1 aliphatic rings. The number of furan rings is 1. The third-order valence-corrected chi connectivity index (χ3v) is 4.01.